The van der Waals surface area contributed by atoms with Crippen molar-refractivity contribution >= 4 is 33.2 Å². The van der Waals surface area contributed by atoms with Gasteiger partial charge in [-0.15, -0.1) is 0 Å². The van der Waals surface area contributed by atoms with Crippen LogP contribution in [-0.4, -0.2) is 13.7 Å². The van der Waals surface area contributed by atoms with Crippen LogP contribution in [0, 0.1) is 5.92 Å². The van der Waals surface area contributed by atoms with Gasteiger partial charge in [-0.2, -0.15) is 0 Å². The van der Waals surface area contributed by atoms with Crippen molar-refractivity contribution in [3.8, 4) is 5.75 Å². The molecule has 0 bridgehead atoms. The summed E-state index contributed by atoms with van der Waals surface area (Å²) in [6, 6.07) is 12.3. The molecule has 0 unspecified atom stereocenters. The summed E-state index contributed by atoms with van der Waals surface area (Å²) in [6.07, 6.45) is 1.10. The van der Waals surface area contributed by atoms with Crippen LogP contribution in [-0.2, 0) is 4.74 Å². The lowest BCUT2D eigenvalue weighted by molar-refractivity contribution is 0.0827. The van der Waals surface area contributed by atoms with Crippen molar-refractivity contribution in [1.82, 2.24) is 0 Å². The molecule has 3 nitrogen and oxygen atoms in total. The minimum atomic E-state index is 0.0821. The number of nitrogens with one attached hydrogen (secondary N) is 1. The highest BCUT2D eigenvalue weighted by Crippen LogP contribution is 2.51. The van der Waals surface area contributed by atoms with E-state index in [0.717, 1.165) is 45.1 Å². The highest BCUT2D eigenvalue weighted by Gasteiger charge is 2.42. The molecule has 2 aliphatic heterocycles. The average molecular weight is 395 g/mol. The van der Waals surface area contributed by atoms with E-state index in [4.69, 9.17) is 21.1 Å². The number of anilines is 1. The van der Waals surface area contributed by atoms with Gasteiger partial charge in [0, 0.05) is 38.8 Å². The van der Waals surface area contributed by atoms with E-state index in [9.17, 15) is 0 Å². The maximum Gasteiger partial charge on any atom is 0.124 e. The summed E-state index contributed by atoms with van der Waals surface area (Å²) < 4.78 is 12.7. The Morgan fingerprint density at radius 2 is 2.09 bits per heavy atom. The van der Waals surface area contributed by atoms with Crippen molar-refractivity contribution in [3.05, 3.63) is 57.0 Å². The third kappa shape index (κ3) is 2.63. The molecule has 1 fully saturated rings. The number of hydrogen-bond acceptors (Lipinski definition) is 3. The molecule has 1 N–H and O–H groups in total. The zero-order chi connectivity index (χ0) is 16.0. The van der Waals surface area contributed by atoms with Crippen molar-refractivity contribution in [2.45, 2.75) is 18.6 Å². The highest BCUT2D eigenvalue weighted by molar-refractivity contribution is 9.10. The van der Waals surface area contributed by atoms with Gasteiger partial charge in [-0.3, -0.25) is 0 Å². The van der Waals surface area contributed by atoms with Crippen LogP contribution in [0.1, 0.15) is 29.7 Å². The zero-order valence-corrected chi connectivity index (χ0v) is 15.0. The lowest BCUT2D eigenvalue weighted by Gasteiger charge is -2.37. The highest BCUT2D eigenvalue weighted by atomic mass is 79.9. The number of benzene rings is 2. The van der Waals surface area contributed by atoms with Gasteiger partial charge in [0.1, 0.15) is 5.75 Å². The van der Waals surface area contributed by atoms with Crippen LogP contribution in [0.2, 0.25) is 5.02 Å². The summed E-state index contributed by atoms with van der Waals surface area (Å²) in [5.74, 6) is 1.26. The summed E-state index contributed by atoms with van der Waals surface area (Å²) in [5.41, 5.74) is 3.40. The van der Waals surface area contributed by atoms with Gasteiger partial charge in [0.2, 0.25) is 0 Å². The monoisotopic (exact) mass is 393 g/mol. The number of halogens is 2. The van der Waals surface area contributed by atoms with E-state index in [1.54, 1.807) is 7.11 Å². The third-order valence-electron chi connectivity index (χ3n) is 4.72. The Balaban J connectivity index is 1.82. The lowest BCUT2D eigenvalue weighted by atomic mass is 9.81. The quantitative estimate of drug-likeness (QED) is 0.744. The molecule has 2 heterocycles. The normalized spacial score (nSPS) is 25.4. The Hall–Kier alpha value is -1.23. The molecule has 120 valence electrons. The second kappa shape index (κ2) is 6.00. The van der Waals surface area contributed by atoms with Crippen LogP contribution in [0.15, 0.2) is 40.9 Å². The van der Waals surface area contributed by atoms with Crippen LogP contribution in [0.5, 0.6) is 5.75 Å². The Kier molecular flexibility index (Phi) is 4.00. The first kappa shape index (κ1) is 15.3. The molecule has 5 heteroatoms. The molecule has 0 saturated carbocycles. The molecule has 1 saturated heterocycles. The smallest absolute Gasteiger partial charge is 0.124 e. The number of ether oxygens (including phenoxy) is 2. The molecule has 2 aromatic carbocycles. The van der Waals surface area contributed by atoms with Gasteiger partial charge in [0.15, 0.2) is 0 Å². The van der Waals surface area contributed by atoms with E-state index >= 15 is 0 Å². The largest absolute Gasteiger partial charge is 0.496 e. The molecule has 0 aliphatic carbocycles. The minimum Gasteiger partial charge on any atom is -0.496 e. The Bertz CT molecular complexity index is 752. The van der Waals surface area contributed by atoms with Crippen LogP contribution in [0.4, 0.5) is 5.69 Å². The van der Waals surface area contributed by atoms with Gasteiger partial charge in [-0.1, -0.05) is 27.5 Å². The molecule has 0 radical (unpaired) electrons. The third-order valence-corrected chi connectivity index (χ3v) is 5.45. The van der Waals surface area contributed by atoms with E-state index in [0.29, 0.717) is 5.92 Å². The molecule has 2 aromatic rings. The molecule has 0 spiro atoms. The van der Waals surface area contributed by atoms with Gasteiger partial charge in [0.25, 0.3) is 0 Å². The molecular weight excluding hydrogens is 378 g/mol. The average Bonchev–Trinajstić information content (AvgIpc) is 3.04. The summed E-state index contributed by atoms with van der Waals surface area (Å²) >= 11 is 9.75. The molecule has 4 rings (SSSR count). The zero-order valence-electron chi connectivity index (χ0n) is 12.7. The minimum absolute atomic E-state index is 0.0821. The molecule has 0 amide bonds. The Morgan fingerprint density at radius 3 is 2.91 bits per heavy atom. The van der Waals surface area contributed by atoms with Crippen molar-refractivity contribution in [2.24, 2.45) is 5.92 Å². The van der Waals surface area contributed by atoms with E-state index in [1.807, 2.05) is 30.3 Å². The first-order valence-corrected chi connectivity index (χ1v) is 8.85. The fraction of sp³-hybridized carbons (Fsp3) is 0.333. The predicted octanol–water partition coefficient (Wildman–Crippen LogP) is 5.36. The van der Waals surface area contributed by atoms with Gasteiger partial charge in [-0.25, -0.2) is 0 Å². The molecule has 2 aliphatic rings. The molecule has 23 heavy (non-hydrogen) atoms. The van der Waals surface area contributed by atoms with Crippen molar-refractivity contribution in [3.63, 3.8) is 0 Å². The van der Waals surface area contributed by atoms with Crippen molar-refractivity contribution in [2.75, 3.05) is 19.0 Å². The number of methoxy groups -OCH3 is 1. The lowest BCUT2D eigenvalue weighted by Crippen LogP contribution is -2.29. The number of fused-ring (bicyclic) bond motifs is 3. The Morgan fingerprint density at radius 1 is 1.22 bits per heavy atom. The second-order valence-corrected chi connectivity index (χ2v) is 7.34. The predicted molar refractivity (Wildman–Crippen MR) is 95.3 cm³/mol. The van der Waals surface area contributed by atoms with Crippen molar-refractivity contribution in [1.29, 1.82) is 0 Å². The number of rotatable bonds is 2. The van der Waals surface area contributed by atoms with Gasteiger partial charge >= 0.3 is 0 Å². The van der Waals surface area contributed by atoms with Crippen LogP contribution < -0.4 is 10.1 Å². The van der Waals surface area contributed by atoms with Crippen LogP contribution in [0.25, 0.3) is 0 Å². The molecule has 0 aromatic heterocycles. The molecule has 3 atom stereocenters. The topological polar surface area (TPSA) is 30.5 Å². The second-order valence-electron chi connectivity index (χ2n) is 5.98. The maximum atomic E-state index is 6.18. The first-order chi connectivity index (χ1) is 11.2. The van der Waals surface area contributed by atoms with Gasteiger partial charge < -0.3 is 14.8 Å². The van der Waals surface area contributed by atoms with Gasteiger partial charge in [-0.05, 0) is 42.8 Å². The molecular formula is C18H17BrClNO2. The van der Waals surface area contributed by atoms with Crippen LogP contribution in [0.3, 0.4) is 0 Å². The first-order valence-electron chi connectivity index (χ1n) is 7.68. The summed E-state index contributed by atoms with van der Waals surface area (Å²) in [5, 5.41) is 4.42. The van der Waals surface area contributed by atoms with Gasteiger partial charge in [0.05, 0.1) is 19.3 Å². The summed E-state index contributed by atoms with van der Waals surface area (Å²) in [4.78, 5) is 0. The van der Waals surface area contributed by atoms with E-state index in [-0.39, 0.29) is 12.1 Å². The van der Waals surface area contributed by atoms with Crippen LogP contribution >= 0.6 is 27.5 Å². The fourth-order valence-corrected chi connectivity index (χ4v) is 4.26. The Labute approximate surface area is 149 Å². The number of hydrogen-bond donors (Lipinski definition) is 1. The fourth-order valence-electron chi connectivity index (χ4n) is 3.70. The standard InChI is InChI=1S/C18H17BrClNO2/c1-22-16-5-2-10(19)8-14(16)17-12-6-7-23-18(12)13-9-11(20)3-4-15(13)21-17/h2-5,8-9,12,17-18,21H,6-7H2,1H3/t12-,17-,18-/m1/s1. The summed E-state index contributed by atoms with van der Waals surface area (Å²) in [7, 11) is 1.71. The summed E-state index contributed by atoms with van der Waals surface area (Å²) in [6.45, 7) is 0.774. The van der Waals surface area contributed by atoms with E-state index in [1.165, 1.54) is 0 Å². The van der Waals surface area contributed by atoms with E-state index < -0.39 is 0 Å². The maximum absolute atomic E-state index is 6.18. The SMILES string of the molecule is COc1ccc(Br)cc1[C@@H]1Nc2ccc(Cl)cc2[C@@H]2OCC[C@H]12. The van der Waals surface area contributed by atoms with E-state index in [2.05, 4.69) is 27.3 Å². The van der Waals surface area contributed by atoms with Crippen molar-refractivity contribution < 1.29 is 9.47 Å².